The van der Waals surface area contributed by atoms with E-state index in [2.05, 4.69) is 27.5 Å². The lowest BCUT2D eigenvalue weighted by atomic mass is 9.96. The first-order valence-electron chi connectivity index (χ1n) is 10.6. The van der Waals surface area contributed by atoms with Crippen LogP contribution in [0.1, 0.15) is 48.8 Å². The van der Waals surface area contributed by atoms with Crippen LogP contribution < -0.4 is 5.32 Å². The number of hydrogen-bond donors (Lipinski definition) is 2. The molecule has 2 aromatic rings. The third-order valence-electron chi connectivity index (χ3n) is 6.09. The number of alkyl halides is 3. The molecule has 30 heavy (non-hydrogen) atoms. The molecule has 1 fully saturated rings. The average molecular weight is 420 g/mol. The molecule has 162 valence electrons. The molecule has 1 unspecified atom stereocenters. The second kappa shape index (κ2) is 8.41. The van der Waals surface area contributed by atoms with E-state index in [1.54, 1.807) is 0 Å². The predicted molar refractivity (Wildman–Crippen MR) is 110 cm³/mol. The molecule has 1 saturated heterocycles. The normalized spacial score (nSPS) is 20.5. The fourth-order valence-corrected chi connectivity index (χ4v) is 4.54. The zero-order valence-corrected chi connectivity index (χ0v) is 17.1. The highest BCUT2D eigenvalue weighted by molar-refractivity contribution is 5.73. The number of phenolic OH excluding ortho intramolecular Hbond substituents is 1. The summed E-state index contributed by atoms with van der Waals surface area (Å²) in [4.78, 5) is 2.29. The number of piperidine rings is 1. The quantitative estimate of drug-likeness (QED) is 0.709. The highest BCUT2D eigenvalue weighted by Gasteiger charge is 2.32. The van der Waals surface area contributed by atoms with Crippen LogP contribution in [0.3, 0.4) is 0 Å². The van der Waals surface area contributed by atoms with Gasteiger partial charge >= 0.3 is 6.18 Å². The third kappa shape index (κ3) is 4.38. The zero-order valence-electron chi connectivity index (χ0n) is 17.1. The van der Waals surface area contributed by atoms with Gasteiger partial charge in [-0.15, -0.1) is 10.2 Å². The van der Waals surface area contributed by atoms with Gasteiger partial charge in [0.2, 0.25) is 0 Å². The van der Waals surface area contributed by atoms with Crippen LogP contribution in [0.25, 0.3) is 11.3 Å². The molecule has 0 spiro atoms. The van der Waals surface area contributed by atoms with Crippen LogP contribution in [0.4, 0.5) is 19.0 Å². The molecule has 2 heterocycles. The third-order valence-corrected chi connectivity index (χ3v) is 6.09. The largest absolute Gasteiger partial charge is 0.507 e. The van der Waals surface area contributed by atoms with Crippen LogP contribution in [0, 0.1) is 0 Å². The minimum atomic E-state index is -4.50. The number of nitrogens with zero attached hydrogens (tertiary/aromatic N) is 3. The van der Waals surface area contributed by atoms with Crippen molar-refractivity contribution < 1.29 is 18.3 Å². The number of rotatable bonds is 3. The Hall–Kier alpha value is -2.35. The Balaban J connectivity index is 1.71. The van der Waals surface area contributed by atoms with Crippen molar-refractivity contribution in [3.05, 3.63) is 34.9 Å². The maximum Gasteiger partial charge on any atom is 0.416 e. The summed E-state index contributed by atoms with van der Waals surface area (Å²) in [5.74, 6) is 0.363. The molecule has 2 aliphatic rings. The molecule has 0 bridgehead atoms. The Morgan fingerprint density at radius 1 is 1.07 bits per heavy atom. The number of likely N-dealkylation sites (tertiary alicyclic amines) is 1. The molecule has 1 atom stereocenters. The van der Waals surface area contributed by atoms with Crippen LogP contribution in [0.2, 0.25) is 0 Å². The molecule has 1 aromatic heterocycles. The second-order valence-electron chi connectivity index (χ2n) is 8.39. The number of aromatic nitrogens is 2. The van der Waals surface area contributed by atoms with E-state index < -0.39 is 17.5 Å². The molecule has 5 nitrogen and oxygen atoms in total. The predicted octanol–water partition coefficient (Wildman–Crippen LogP) is 4.64. The van der Waals surface area contributed by atoms with Gasteiger partial charge in [0.25, 0.3) is 0 Å². The van der Waals surface area contributed by atoms with Gasteiger partial charge in [0.1, 0.15) is 11.4 Å². The van der Waals surface area contributed by atoms with Gasteiger partial charge < -0.3 is 15.3 Å². The van der Waals surface area contributed by atoms with Gasteiger partial charge in [-0.3, -0.25) is 0 Å². The maximum absolute atomic E-state index is 13.0. The van der Waals surface area contributed by atoms with Crippen molar-refractivity contribution in [2.45, 2.75) is 57.2 Å². The van der Waals surface area contributed by atoms with Gasteiger partial charge in [-0.05, 0) is 75.9 Å². The van der Waals surface area contributed by atoms with E-state index in [0.29, 0.717) is 17.3 Å². The SMILES string of the molecule is CN1CCCC(Nc2nnc(-c3ccc(C(F)(F)F)cc3O)c3c2CCCCC3)C1. The Bertz CT molecular complexity index is 916. The number of aromatic hydroxyl groups is 1. The lowest BCUT2D eigenvalue weighted by Crippen LogP contribution is -2.40. The summed E-state index contributed by atoms with van der Waals surface area (Å²) < 4.78 is 38.9. The monoisotopic (exact) mass is 420 g/mol. The molecule has 8 heteroatoms. The lowest BCUT2D eigenvalue weighted by molar-refractivity contribution is -0.137. The van der Waals surface area contributed by atoms with Crippen molar-refractivity contribution in [1.82, 2.24) is 15.1 Å². The Morgan fingerprint density at radius 3 is 2.53 bits per heavy atom. The van der Waals surface area contributed by atoms with Gasteiger partial charge in [-0.1, -0.05) is 6.42 Å². The number of fused-ring (bicyclic) bond motifs is 1. The molecule has 2 N–H and O–H groups in total. The number of hydrogen-bond acceptors (Lipinski definition) is 5. The van der Waals surface area contributed by atoms with Crippen LogP contribution in [0.5, 0.6) is 5.75 Å². The van der Waals surface area contributed by atoms with Crippen LogP contribution in [-0.2, 0) is 19.0 Å². The van der Waals surface area contributed by atoms with Crippen molar-refractivity contribution in [3.63, 3.8) is 0 Å². The molecule has 1 aromatic carbocycles. The Labute approximate surface area is 174 Å². The van der Waals surface area contributed by atoms with Crippen molar-refractivity contribution in [3.8, 4) is 17.0 Å². The number of nitrogens with one attached hydrogen (secondary N) is 1. The van der Waals surface area contributed by atoms with Gasteiger partial charge in [-0.25, -0.2) is 0 Å². The average Bonchev–Trinajstić information content (AvgIpc) is 2.94. The number of anilines is 1. The van der Waals surface area contributed by atoms with Gasteiger partial charge in [0.15, 0.2) is 5.82 Å². The van der Waals surface area contributed by atoms with E-state index in [9.17, 15) is 18.3 Å². The van der Waals surface area contributed by atoms with E-state index in [1.807, 2.05) is 0 Å². The summed E-state index contributed by atoms with van der Waals surface area (Å²) in [6, 6.07) is 3.36. The molecule has 4 rings (SSSR count). The van der Waals surface area contributed by atoms with Gasteiger partial charge in [-0.2, -0.15) is 13.2 Å². The molecule has 1 aliphatic heterocycles. The summed E-state index contributed by atoms with van der Waals surface area (Å²) in [6.07, 6.45) is 2.43. The maximum atomic E-state index is 13.0. The van der Waals surface area contributed by atoms with E-state index in [1.165, 1.54) is 6.07 Å². The van der Waals surface area contributed by atoms with Crippen molar-refractivity contribution in [2.24, 2.45) is 0 Å². The summed E-state index contributed by atoms with van der Waals surface area (Å²) in [7, 11) is 2.11. The van der Waals surface area contributed by atoms with Crippen molar-refractivity contribution in [1.29, 1.82) is 0 Å². The van der Waals surface area contributed by atoms with E-state index in [4.69, 9.17) is 0 Å². The highest BCUT2D eigenvalue weighted by atomic mass is 19.4. The summed E-state index contributed by atoms with van der Waals surface area (Å²) in [5.41, 5.74) is 2.00. The summed E-state index contributed by atoms with van der Waals surface area (Å²) in [5, 5.41) is 22.7. The summed E-state index contributed by atoms with van der Waals surface area (Å²) >= 11 is 0. The number of halogens is 3. The first-order valence-corrected chi connectivity index (χ1v) is 10.6. The fourth-order valence-electron chi connectivity index (χ4n) is 4.54. The van der Waals surface area contributed by atoms with E-state index >= 15 is 0 Å². The minimum absolute atomic E-state index is 0.302. The van der Waals surface area contributed by atoms with Crippen molar-refractivity contribution >= 4 is 5.82 Å². The zero-order chi connectivity index (χ0) is 21.3. The topological polar surface area (TPSA) is 61.3 Å². The molecule has 0 amide bonds. The first-order chi connectivity index (χ1) is 14.3. The van der Waals surface area contributed by atoms with Crippen molar-refractivity contribution in [2.75, 3.05) is 25.5 Å². The molecular formula is C22H27F3N4O. The standard InChI is InChI=1S/C22H27F3N4O/c1-29-11-5-6-15(13-29)26-21-17-8-4-2-3-7-16(17)20(27-28-21)18-10-9-14(12-19(18)30)22(23,24)25/h9-10,12,15,30H,2-8,11,13H2,1H3,(H,26,28). The fraction of sp³-hybridized carbons (Fsp3) is 0.545. The highest BCUT2D eigenvalue weighted by Crippen LogP contribution is 2.39. The summed E-state index contributed by atoms with van der Waals surface area (Å²) in [6.45, 7) is 2.03. The number of benzene rings is 1. The molecule has 0 radical (unpaired) electrons. The van der Waals surface area contributed by atoms with E-state index in [0.717, 1.165) is 87.1 Å². The van der Waals surface area contributed by atoms with E-state index in [-0.39, 0.29) is 0 Å². The van der Waals surface area contributed by atoms with Gasteiger partial charge in [0.05, 0.1) is 5.56 Å². The minimum Gasteiger partial charge on any atom is -0.507 e. The van der Waals surface area contributed by atoms with Crippen LogP contribution in [0.15, 0.2) is 18.2 Å². The molecular weight excluding hydrogens is 393 g/mol. The Morgan fingerprint density at radius 2 is 1.83 bits per heavy atom. The Kier molecular flexibility index (Phi) is 5.86. The number of likely N-dealkylation sites (N-methyl/N-ethyl adjacent to an activating group) is 1. The first kappa shape index (κ1) is 20.9. The molecule has 1 aliphatic carbocycles. The second-order valence-corrected chi connectivity index (χ2v) is 8.39. The molecule has 0 saturated carbocycles. The van der Waals surface area contributed by atoms with Gasteiger partial charge in [0, 0.05) is 23.7 Å². The van der Waals surface area contributed by atoms with Crippen LogP contribution >= 0.6 is 0 Å². The lowest BCUT2D eigenvalue weighted by Gasteiger charge is -2.31. The smallest absolute Gasteiger partial charge is 0.416 e. The van der Waals surface area contributed by atoms with Crippen LogP contribution in [-0.4, -0.2) is 46.4 Å². The number of phenols is 1.